The highest BCUT2D eigenvalue weighted by atomic mass is 16.3. The predicted octanol–water partition coefficient (Wildman–Crippen LogP) is 0.868. The van der Waals surface area contributed by atoms with Gasteiger partial charge < -0.3 is 20.2 Å². The molecule has 33 heavy (non-hydrogen) atoms. The van der Waals surface area contributed by atoms with E-state index in [4.69, 9.17) is 0 Å². The molecular weight excluding hydrogens is 418 g/mol. The number of hydrogen-bond donors (Lipinski definition) is 3. The van der Waals surface area contributed by atoms with E-state index in [0.717, 1.165) is 31.4 Å². The van der Waals surface area contributed by atoms with Crippen molar-refractivity contribution in [2.45, 2.75) is 43.1 Å². The Bertz CT molecular complexity index is 974. The summed E-state index contributed by atoms with van der Waals surface area (Å²) in [5.74, 6) is 0.526. The van der Waals surface area contributed by atoms with Crippen molar-refractivity contribution >= 4 is 17.5 Å². The first-order valence-corrected chi connectivity index (χ1v) is 11.7. The number of aliphatic hydroxyl groups excluding tert-OH is 1. The number of aliphatic hydroxyl groups is 1. The predicted molar refractivity (Wildman–Crippen MR) is 127 cm³/mol. The summed E-state index contributed by atoms with van der Waals surface area (Å²) in [4.78, 5) is 26.8. The number of carbonyl (C=O) groups excluding carboxylic acids is 1. The molecule has 9 heteroatoms. The van der Waals surface area contributed by atoms with Crippen LogP contribution in [-0.2, 0) is 10.3 Å². The Hall–Kier alpha value is -2.75. The molecule has 1 spiro atoms. The van der Waals surface area contributed by atoms with Crippen LogP contribution >= 0.6 is 0 Å². The molecule has 176 valence electrons. The molecule has 1 aromatic heterocycles. The van der Waals surface area contributed by atoms with E-state index in [1.54, 1.807) is 12.4 Å². The number of nitrogens with zero attached hydrogens (tertiary/aromatic N) is 5. The molecule has 2 aliphatic heterocycles. The molecule has 0 radical (unpaired) electrons. The molecule has 2 saturated heterocycles. The lowest BCUT2D eigenvalue weighted by Gasteiger charge is -2.49. The number of anilines is 2. The highest BCUT2D eigenvalue weighted by Gasteiger charge is 2.50. The van der Waals surface area contributed by atoms with Gasteiger partial charge in [-0.2, -0.15) is 0 Å². The molecule has 9 nitrogen and oxygen atoms in total. The molecule has 3 N–H and O–H groups in total. The summed E-state index contributed by atoms with van der Waals surface area (Å²) < 4.78 is 0. The van der Waals surface area contributed by atoms with E-state index in [1.807, 2.05) is 9.80 Å². The van der Waals surface area contributed by atoms with Gasteiger partial charge in [-0.3, -0.25) is 15.0 Å². The summed E-state index contributed by atoms with van der Waals surface area (Å²) in [6.07, 6.45) is 6.69. The van der Waals surface area contributed by atoms with Crippen molar-refractivity contribution in [2.24, 2.45) is 0 Å². The first-order chi connectivity index (χ1) is 15.9. The SMILES string of the molecule is CN(C)C1(c2ccccc2)CCC2(CC1)CN(c1cnc(N3CCNC(=O)C3)nc1)C(O)N2. The van der Waals surface area contributed by atoms with Crippen LogP contribution < -0.4 is 20.4 Å². The van der Waals surface area contributed by atoms with Gasteiger partial charge in [-0.15, -0.1) is 0 Å². The molecule has 1 saturated carbocycles. The lowest BCUT2D eigenvalue weighted by atomic mass is 9.69. The molecular formula is C24H33N7O2. The van der Waals surface area contributed by atoms with Gasteiger partial charge in [0.1, 0.15) is 0 Å². The highest BCUT2D eigenvalue weighted by molar-refractivity contribution is 5.81. The Morgan fingerprint density at radius 2 is 1.79 bits per heavy atom. The number of aromatic nitrogens is 2. The van der Waals surface area contributed by atoms with Gasteiger partial charge in [-0.1, -0.05) is 30.3 Å². The Labute approximate surface area is 194 Å². The smallest absolute Gasteiger partial charge is 0.239 e. The monoisotopic (exact) mass is 451 g/mol. The maximum Gasteiger partial charge on any atom is 0.239 e. The average molecular weight is 452 g/mol. The van der Waals surface area contributed by atoms with Crippen molar-refractivity contribution in [1.29, 1.82) is 0 Å². The first kappa shape index (κ1) is 22.1. The van der Waals surface area contributed by atoms with Gasteiger partial charge in [0.05, 0.1) is 24.6 Å². The second kappa shape index (κ2) is 8.55. The number of nitrogens with one attached hydrogen (secondary N) is 2. The van der Waals surface area contributed by atoms with E-state index in [9.17, 15) is 9.90 Å². The summed E-state index contributed by atoms with van der Waals surface area (Å²) in [5.41, 5.74) is 2.01. The molecule has 0 bridgehead atoms. The second-order valence-corrected chi connectivity index (χ2v) is 9.73. The Morgan fingerprint density at radius 1 is 1.09 bits per heavy atom. The van der Waals surface area contributed by atoms with Crippen molar-refractivity contribution in [1.82, 2.24) is 25.5 Å². The van der Waals surface area contributed by atoms with Crippen molar-refractivity contribution in [3.8, 4) is 0 Å². The quantitative estimate of drug-likeness (QED) is 0.630. The fourth-order valence-corrected chi connectivity index (χ4v) is 5.66. The molecule has 1 unspecified atom stereocenters. The van der Waals surface area contributed by atoms with Gasteiger partial charge in [0.15, 0.2) is 6.35 Å². The van der Waals surface area contributed by atoms with Crippen molar-refractivity contribution < 1.29 is 9.90 Å². The molecule has 3 aliphatic rings. The Kier molecular flexibility index (Phi) is 5.72. The van der Waals surface area contributed by atoms with Crippen LogP contribution in [-0.4, -0.2) is 78.0 Å². The molecule has 1 amide bonds. The maximum absolute atomic E-state index is 11.7. The largest absolute Gasteiger partial charge is 0.361 e. The lowest BCUT2D eigenvalue weighted by molar-refractivity contribution is -0.120. The van der Waals surface area contributed by atoms with Gasteiger partial charge >= 0.3 is 0 Å². The van der Waals surface area contributed by atoms with E-state index in [2.05, 4.69) is 69.9 Å². The minimum Gasteiger partial charge on any atom is -0.361 e. The van der Waals surface area contributed by atoms with Crippen molar-refractivity contribution in [2.75, 3.05) is 50.1 Å². The average Bonchev–Trinajstić information content (AvgIpc) is 3.16. The minimum absolute atomic E-state index is 0.0120. The summed E-state index contributed by atoms with van der Waals surface area (Å²) in [7, 11) is 4.33. The number of benzene rings is 1. The number of rotatable bonds is 4. The minimum atomic E-state index is -0.774. The van der Waals surface area contributed by atoms with Crippen molar-refractivity contribution in [3.05, 3.63) is 48.3 Å². The zero-order valence-corrected chi connectivity index (χ0v) is 19.4. The van der Waals surface area contributed by atoms with Gasteiger partial charge in [-0.25, -0.2) is 9.97 Å². The van der Waals surface area contributed by atoms with Crippen LogP contribution in [0.4, 0.5) is 11.6 Å². The van der Waals surface area contributed by atoms with Crippen LogP contribution in [0.25, 0.3) is 0 Å². The molecule has 5 rings (SSSR count). The third-order valence-corrected chi connectivity index (χ3v) is 7.68. The van der Waals surface area contributed by atoms with Crippen LogP contribution in [0.15, 0.2) is 42.7 Å². The zero-order chi connectivity index (χ0) is 23.1. The van der Waals surface area contributed by atoms with Gasteiger partial charge in [0, 0.05) is 30.7 Å². The molecule has 3 fully saturated rings. The molecule has 3 heterocycles. The second-order valence-electron chi connectivity index (χ2n) is 9.73. The van der Waals surface area contributed by atoms with E-state index in [-0.39, 0.29) is 23.5 Å². The Balaban J connectivity index is 1.29. The number of hydrogen-bond acceptors (Lipinski definition) is 8. The standard InChI is InChI=1S/C24H33N7O2/c1-29(2)24(18-6-4-3-5-7-18)10-8-23(9-11-24)17-31(22(33)28-23)19-14-26-21(27-15-19)30-13-12-25-20(32)16-30/h3-7,14-15,22,28,33H,8-13,16-17H2,1-2H3,(H,25,32). The van der Waals surface area contributed by atoms with E-state index < -0.39 is 6.35 Å². The third kappa shape index (κ3) is 4.05. The first-order valence-electron chi connectivity index (χ1n) is 11.7. The third-order valence-electron chi connectivity index (χ3n) is 7.68. The summed E-state index contributed by atoms with van der Waals surface area (Å²) in [6, 6.07) is 10.8. The molecule has 2 aromatic rings. The summed E-state index contributed by atoms with van der Waals surface area (Å²) >= 11 is 0. The van der Waals surface area contributed by atoms with Crippen LogP contribution in [0.1, 0.15) is 31.2 Å². The van der Waals surface area contributed by atoms with Crippen LogP contribution in [0, 0.1) is 0 Å². The maximum atomic E-state index is 11.7. The van der Waals surface area contributed by atoms with Crippen LogP contribution in [0.3, 0.4) is 0 Å². The van der Waals surface area contributed by atoms with E-state index in [0.29, 0.717) is 25.6 Å². The van der Waals surface area contributed by atoms with Gasteiger partial charge in [-0.05, 0) is 45.3 Å². The fraction of sp³-hybridized carbons (Fsp3) is 0.542. The van der Waals surface area contributed by atoms with E-state index >= 15 is 0 Å². The number of piperazine rings is 1. The van der Waals surface area contributed by atoms with Crippen molar-refractivity contribution in [3.63, 3.8) is 0 Å². The molecule has 1 aliphatic carbocycles. The van der Waals surface area contributed by atoms with Crippen LogP contribution in [0.2, 0.25) is 0 Å². The highest BCUT2D eigenvalue weighted by Crippen LogP contribution is 2.46. The van der Waals surface area contributed by atoms with Gasteiger partial charge in [0.2, 0.25) is 11.9 Å². The zero-order valence-electron chi connectivity index (χ0n) is 19.4. The number of amides is 1. The topological polar surface area (TPSA) is 96.9 Å². The normalized spacial score (nSPS) is 30.2. The molecule has 1 aromatic carbocycles. The summed E-state index contributed by atoms with van der Waals surface area (Å²) in [6.45, 7) is 2.27. The molecule has 1 atom stereocenters. The fourth-order valence-electron chi connectivity index (χ4n) is 5.66. The van der Waals surface area contributed by atoms with Crippen LogP contribution in [0.5, 0.6) is 0 Å². The summed E-state index contributed by atoms with van der Waals surface area (Å²) in [5, 5.41) is 17.1. The lowest BCUT2D eigenvalue weighted by Crippen LogP contribution is -2.54. The van der Waals surface area contributed by atoms with Gasteiger partial charge in [0.25, 0.3) is 0 Å². The van der Waals surface area contributed by atoms with E-state index in [1.165, 1.54) is 5.56 Å². The Morgan fingerprint density at radius 3 is 2.42 bits per heavy atom. The number of carbonyl (C=O) groups is 1.